The zero-order chi connectivity index (χ0) is 14.0. The van der Waals surface area contributed by atoms with Crippen LogP contribution < -0.4 is 5.32 Å². The van der Waals surface area contributed by atoms with E-state index in [0.717, 1.165) is 0 Å². The van der Waals surface area contributed by atoms with Gasteiger partial charge in [0.2, 0.25) is 11.8 Å². The number of hydrogen-bond donors (Lipinski definition) is 1. The van der Waals surface area contributed by atoms with Crippen molar-refractivity contribution in [3.8, 4) is 0 Å². The number of likely N-dealkylation sites (tertiary alicyclic amines) is 1. The van der Waals surface area contributed by atoms with Gasteiger partial charge in [0.1, 0.15) is 12.2 Å². The summed E-state index contributed by atoms with van der Waals surface area (Å²) in [7, 11) is 0. The van der Waals surface area contributed by atoms with Crippen molar-refractivity contribution in [2.45, 2.75) is 57.5 Å². The van der Waals surface area contributed by atoms with Crippen LogP contribution in [0.15, 0.2) is 0 Å². The highest BCUT2D eigenvalue weighted by Gasteiger charge is 2.37. The van der Waals surface area contributed by atoms with Crippen LogP contribution in [0.5, 0.6) is 0 Å². The first-order chi connectivity index (χ1) is 8.97. The fourth-order valence-electron chi connectivity index (χ4n) is 2.61. The van der Waals surface area contributed by atoms with E-state index in [2.05, 4.69) is 5.32 Å². The molecule has 0 aromatic heterocycles. The number of nitrogens with zero attached hydrogens (tertiary/aromatic N) is 1. The highest BCUT2D eigenvalue weighted by Crippen LogP contribution is 2.20. The topological polar surface area (TPSA) is 58.6 Å². The Morgan fingerprint density at radius 1 is 1.47 bits per heavy atom. The molecule has 0 radical (unpaired) electrons. The fraction of sp³-hybridized carbons (Fsp3) is 0.846. The van der Waals surface area contributed by atoms with Gasteiger partial charge in [-0.15, -0.1) is 0 Å². The van der Waals surface area contributed by atoms with Crippen LogP contribution in [0.1, 0.15) is 33.1 Å². The fourth-order valence-corrected chi connectivity index (χ4v) is 2.61. The number of carbonyl (C=O) groups excluding carboxylic acids is 2. The molecule has 2 aliphatic heterocycles. The van der Waals surface area contributed by atoms with E-state index in [9.17, 15) is 14.0 Å². The van der Waals surface area contributed by atoms with Gasteiger partial charge in [0.15, 0.2) is 0 Å². The largest absolute Gasteiger partial charge is 0.372 e. The quantitative estimate of drug-likeness (QED) is 0.820. The summed E-state index contributed by atoms with van der Waals surface area (Å²) < 4.78 is 19.5. The molecule has 1 unspecified atom stereocenters. The Bertz CT molecular complexity index is 362. The monoisotopic (exact) mass is 272 g/mol. The van der Waals surface area contributed by atoms with Crippen LogP contribution in [0, 0.1) is 0 Å². The molecule has 2 fully saturated rings. The lowest BCUT2D eigenvalue weighted by molar-refractivity contribution is -0.141. The van der Waals surface area contributed by atoms with Crippen LogP contribution in [-0.4, -0.2) is 54.2 Å². The maximum atomic E-state index is 14.0. The minimum atomic E-state index is -1.16. The second kappa shape index (κ2) is 5.86. The number of halogens is 1. The molecule has 2 rings (SSSR count). The molecule has 2 heterocycles. The Labute approximate surface area is 112 Å². The van der Waals surface area contributed by atoms with Crippen LogP contribution in [0.3, 0.4) is 0 Å². The van der Waals surface area contributed by atoms with Crippen molar-refractivity contribution >= 4 is 11.8 Å². The molecule has 2 amide bonds. The zero-order valence-electron chi connectivity index (χ0n) is 11.4. The molecular formula is C13H21FN2O3. The van der Waals surface area contributed by atoms with Gasteiger partial charge in [-0.3, -0.25) is 9.59 Å². The molecule has 0 aliphatic carbocycles. The molecule has 1 N–H and O–H groups in total. The first-order valence-electron chi connectivity index (χ1n) is 6.85. The lowest BCUT2D eigenvalue weighted by Crippen LogP contribution is -2.53. The second-order valence-electron chi connectivity index (χ2n) is 5.47. The SMILES string of the molecule is CC(C)OC1CCN(C(=O)[C@@H]2CCC(=O)N2)C[C@H]1F. The Morgan fingerprint density at radius 3 is 2.74 bits per heavy atom. The van der Waals surface area contributed by atoms with E-state index >= 15 is 0 Å². The van der Waals surface area contributed by atoms with Crippen LogP contribution in [0.25, 0.3) is 0 Å². The van der Waals surface area contributed by atoms with Crippen molar-refractivity contribution in [3.05, 3.63) is 0 Å². The maximum absolute atomic E-state index is 14.0. The molecule has 0 aromatic rings. The molecule has 108 valence electrons. The first-order valence-corrected chi connectivity index (χ1v) is 6.85. The molecule has 6 heteroatoms. The predicted octanol–water partition coefficient (Wildman–Crippen LogP) is 0.629. The van der Waals surface area contributed by atoms with Crippen molar-refractivity contribution in [3.63, 3.8) is 0 Å². The van der Waals surface area contributed by atoms with E-state index in [0.29, 0.717) is 25.8 Å². The van der Waals surface area contributed by atoms with Gasteiger partial charge in [0.25, 0.3) is 0 Å². The van der Waals surface area contributed by atoms with Gasteiger partial charge in [-0.2, -0.15) is 0 Å². The predicted molar refractivity (Wildman–Crippen MR) is 67.3 cm³/mol. The van der Waals surface area contributed by atoms with E-state index < -0.39 is 18.3 Å². The van der Waals surface area contributed by atoms with Gasteiger partial charge in [-0.1, -0.05) is 0 Å². The highest BCUT2D eigenvalue weighted by molar-refractivity contribution is 5.90. The molecule has 0 bridgehead atoms. The Hall–Kier alpha value is -1.17. The molecule has 0 aromatic carbocycles. The number of nitrogens with one attached hydrogen (secondary N) is 1. The number of amides is 2. The average molecular weight is 272 g/mol. The number of piperidine rings is 1. The summed E-state index contributed by atoms with van der Waals surface area (Å²) in [6.45, 7) is 4.29. The second-order valence-corrected chi connectivity index (χ2v) is 5.47. The molecule has 3 atom stereocenters. The van der Waals surface area contributed by atoms with Crippen LogP contribution >= 0.6 is 0 Å². The zero-order valence-corrected chi connectivity index (χ0v) is 11.4. The third-order valence-corrected chi connectivity index (χ3v) is 3.53. The lowest BCUT2D eigenvalue weighted by atomic mass is 10.0. The van der Waals surface area contributed by atoms with Gasteiger partial charge in [-0.05, 0) is 26.7 Å². The smallest absolute Gasteiger partial charge is 0.245 e. The van der Waals surface area contributed by atoms with Crippen LogP contribution in [-0.2, 0) is 14.3 Å². The summed E-state index contributed by atoms with van der Waals surface area (Å²) in [6, 6.07) is -0.470. The third kappa shape index (κ3) is 3.43. The summed E-state index contributed by atoms with van der Waals surface area (Å²) >= 11 is 0. The Balaban J connectivity index is 1.87. The number of hydrogen-bond acceptors (Lipinski definition) is 3. The lowest BCUT2D eigenvalue weighted by Gasteiger charge is -2.36. The van der Waals surface area contributed by atoms with Gasteiger partial charge in [0.05, 0.1) is 18.8 Å². The van der Waals surface area contributed by atoms with Crippen molar-refractivity contribution < 1.29 is 18.7 Å². The summed E-state index contributed by atoms with van der Waals surface area (Å²) in [5.74, 6) is -0.273. The molecule has 0 saturated carbocycles. The number of alkyl halides is 1. The highest BCUT2D eigenvalue weighted by atomic mass is 19.1. The number of ether oxygens (including phenoxy) is 1. The van der Waals surface area contributed by atoms with Gasteiger partial charge < -0.3 is 15.0 Å². The minimum Gasteiger partial charge on any atom is -0.372 e. The van der Waals surface area contributed by atoms with Crippen LogP contribution in [0.4, 0.5) is 4.39 Å². The summed E-state index contributed by atoms with van der Waals surface area (Å²) in [4.78, 5) is 24.7. The van der Waals surface area contributed by atoms with E-state index in [1.54, 1.807) is 0 Å². The maximum Gasteiger partial charge on any atom is 0.245 e. The van der Waals surface area contributed by atoms with E-state index in [-0.39, 0.29) is 24.5 Å². The molecule has 19 heavy (non-hydrogen) atoms. The van der Waals surface area contributed by atoms with E-state index in [4.69, 9.17) is 4.74 Å². The van der Waals surface area contributed by atoms with Gasteiger partial charge >= 0.3 is 0 Å². The Kier molecular flexibility index (Phi) is 4.39. The van der Waals surface area contributed by atoms with Crippen molar-refractivity contribution in [2.75, 3.05) is 13.1 Å². The molecular weight excluding hydrogens is 251 g/mol. The first kappa shape index (κ1) is 14.2. The molecule has 2 saturated heterocycles. The van der Waals surface area contributed by atoms with Gasteiger partial charge in [0, 0.05) is 13.0 Å². The van der Waals surface area contributed by atoms with Crippen molar-refractivity contribution in [2.24, 2.45) is 0 Å². The normalized spacial score (nSPS) is 31.7. The molecule has 2 aliphatic rings. The van der Waals surface area contributed by atoms with Crippen molar-refractivity contribution in [1.82, 2.24) is 10.2 Å². The summed E-state index contributed by atoms with van der Waals surface area (Å²) in [5.41, 5.74) is 0. The number of carbonyl (C=O) groups is 2. The third-order valence-electron chi connectivity index (χ3n) is 3.53. The summed E-state index contributed by atoms with van der Waals surface area (Å²) in [6.07, 6.45) is -0.204. The minimum absolute atomic E-state index is 0.0142. The average Bonchev–Trinajstić information content (AvgIpc) is 2.77. The Morgan fingerprint density at radius 2 is 2.21 bits per heavy atom. The van der Waals surface area contributed by atoms with Crippen LogP contribution in [0.2, 0.25) is 0 Å². The van der Waals surface area contributed by atoms with E-state index in [1.165, 1.54) is 4.90 Å². The van der Waals surface area contributed by atoms with Crippen molar-refractivity contribution in [1.29, 1.82) is 0 Å². The van der Waals surface area contributed by atoms with E-state index in [1.807, 2.05) is 13.8 Å². The summed E-state index contributed by atoms with van der Waals surface area (Å²) in [5, 5.41) is 2.63. The molecule has 5 nitrogen and oxygen atoms in total. The van der Waals surface area contributed by atoms with Gasteiger partial charge in [-0.25, -0.2) is 4.39 Å². The standard InChI is InChI=1S/C13H21FN2O3/c1-8(2)19-11-5-6-16(7-9(11)14)13(18)10-3-4-12(17)15-10/h8-11H,3-7H2,1-2H3,(H,15,17)/t9-,10+,11?/m1/s1. The number of rotatable bonds is 3. The molecule has 0 spiro atoms.